The van der Waals surface area contributed by atoms with Crippen molar-refractivity contribution in [2.45, 2.75) is 32.5 Å². The van der Waals surface area contributed by atoms with Crippen LogP contribution < -0.4 is 5.73 Å². The number of hydrogen-bond donors (Lipinski definition) is 1. The van der Waals surface area contributed by atoms with Gasteiger partial charge in [-0.15, -0.1) is 0 Å². The summed E-state index contributed by atoms with van der Waals surface area (Å²) in [5, 5.41) is 0.621. The van der Waals surface area contributed by atoms with Gasteiger partial charge in [-0.25, -0.2) is 9.97 Å². The Morgan fingerprint density at radius 1 is 1.26 bits per heavy atom. The van der Waals surface area contributed by atoms with Gasteiger partial charge in [-0.3, -0.25) is 0 Å². The molecule has 1 atom stereocenters. The molecule has 0 aliphatic heterocycles. The summed E-state index contributed by atoms with van der Waals surface area (Å²) in [7, 11) is 0. The molecule has 1 aromatic carbocycles. The van der Waals surface area contributed by atoms with E-state index in [0.717, 1.165) is 12.1 Å². The van der Waals surface area contributed by atoms with Crippen molar-refractivity contribution in [3.05, 3.63) is 35.3 Å². The van der Waals surface area contributed by atoms with Gasteiger partial charge in [-0.1, -0.05) is 6.07 Å². The van der Waals surface area contributed by atoms with E-state index in [9.17, 15) is 13.2 Å². The highest BCUT2D eigenvalue weighted by molar-refractivity contribution is 5.81. The zero-order valence-corrected chi connectivity index (χ0v) is 10.6. The van der Waals surface area contributed by atoms with Crippen LogP contribution in [0, 0.1) is 6.92 Å². The van der Waals surface area contributed by atoms with Gasteiger partial charge in [-0.05, 0) is 26.0 Å². The summed E-state index contributed by atoms with van der Waals surface area (Å²) < 4.78 is 38.0. The molecule has 2 aromatic rings. The van der Waals surface area contributed by atoms with Gasteiger partial charge in [0, 0.05) is 17.8 Å². The molecule has 0 radical (unpaired) electrons. The number of aromatic nitrogens is 2. The molecule has 6 heteroatoms. The van der Waals surface area contributed by atoms with Gasteiger partial charge >= 0.3 is 6.18 Å². The van der Waals surface area contributed by atoms with Crippen LogP contribution >= 0.6 is 0 Å². The maximum atomic E-state index is 12.7. The Morgan fingerprint density at radius 2 is 1.95 bits per heavy atom. The predicted octanol–water partition coefficient (Wildman–Crippen LogP) is 2.85. The maximum Gasteiger partial charge on any atom is 0.416 e. The average Bonchev–Trinajstić information content (AvgIpc) is 2.25. The molecule has 0 amide bonds. The Hall–Kier alpha value is -1.69. The molecular formula is C13H14F3N3. The molecule has 2 rings (SSSR count). The van der Waals surface area contributed by atoms with Crippen LogP contribution in [0.25, 0.3) is 10.9 Å². The lowest BCUT2D eigenvalue weighted by atomic mass is 10.1. The zero-order valence-electron chi connectivity index (χ0n) is 10.6. The van der Waals surface area contributed by atoms with Gasteiger partial charge in [0.2, 0.25) is 0 Å². The van der Waals surface area contributed by atoms with Crippen molar-refractivity contribution in [1.29, 1.82) is 0 Å². The van der Waals surface area contributed by atoms with Crippen molar-refractivity contribution in [2.75, 3.05) is 0 Å². The van der Waals surface area contributed by atoms with E-state index in [1.165, 1.54) is 6.07 Å². The van der Waals surface area contributed by atoms with Crippen LogP contribution in [0.2, 0.25) is 0 Å². The number of rotatable bonds is 2. The minimum atomic E-state index is -4.37. The van der Waals surface area contributed by atoms with Gasteiger partial charge in [0.15, 0.2) is 0 Å². The number of nitrogens with zero attached hydrogens (tertiary/aromatic N) is 2. The van der Waals surface area contributed by atoms with E-state index in [-0.39, 0.29) is 6.04 Å². The van der Waals surface area contributed by atoms with E-state index in [1.807, 2.05) is 6.92 Å². The number of alkyl halides is 3. The van der Waals surface area contributed by atoms with Crippen LogP contribution in [0.5, 0.6) is 0 Å². The Kier molecular flexibility index (Phi) is 3.45. The molecule has 0 saturated carbocycles. The summed E-state index contributed by atoms with van der Waals surface area (Å²) in [5.41, 5.74) is 6.01. The first kappa shape index (κ1) is 13.7. The van der Waals surface area contributed by atoms with Crippen LogP contribution in [-0.4, -0.2) is 16.0 Å². The zero-order chi connectivity index (χ0) is 14.2. The Bertz CT molecular complexity index is 606. The molecule has 1 unspecified atom stereocenters. The lowest BCUT2D eigenvalue weighted by molar-refractivity contribution is -0.137. The molecule has 0 bridgehead atoms. The molecule has 2 N–H and O–H groups in total. The fourth-order valence-corrected chi connectivity index (χ4v) is 1.96. The molecule has 1 aromatic heterocycles. The van der Waals surface area contributed by atoms with Crippen LogP contribution in [0.15, 0.2) is 18.2 Å². The predicted molar refractivity (Wildman–Crippen MR) is 66.6 cm³/mol. The molecule has 19 heavy (non-hydrogen) atoms. The molecular weight excluding hydrogens is 255 g/mol. The lowest BCUT2D eigenvalue weighted by Gasteiger charge is -2.11. The summed E-state index contributed by atoms with van der Waals surface area (Å²) in [6, 6.07) is 3.40. The average molecular weight is 269 g/mol. The fraction of sp³-hybridized carbons (Fsp3) is 0.385. The van der Waals surface area contributed by atoms with Crippen LogP contribution in [0.4, 0.5) is 13.2 Å². The minimum Gasteiger partial charge on any atom is -0.328 e. The van der Waals surface area contributed by atoms with Crippen LogP contribution in [-0.2, 0) is 12.6 Å². The van der Waals surface area contributed by atoms with Crippen molar-refractivity contribution in [3.63, 3.8) is 0 Å². The topological polar surface area (TPSA) is 51.8 Å². The van der Waals surface area contributed by atoms with Gasteiger partial charge in [0.1, 0.15) is 5.82 Å². The van der Waals surface area contributed by atoms with Gasteiger partial charge in [-0.2, -0.15) is 13.2 Å². The van der Waals surface area contributed by atoms with E-state index < -0.39 is 11.7 Å². The van der Waals surface area contributed by atoms with Crippen LogP contribution in [0.1, 0.15) is 24.0 Å². The molecule has 3 nitrogen and oxygen atoms in total. The first-order chi connectivity index (χ1) is 8.77. The second-order valence-corrected chi connectivity index (χ2v) is 4.63. The minimum absolute atomic E-state index is 0.111. The maximum absolute atomic E-state index is 12.7. The Morgan fingerprint density at radius 3 is 2.53 bits per heavy atom. The summed E-state index contributed by atoms with van der Waals surface area (Å²) in [6.07, 6.45) is -3.86. The first-order valence-electron chi connectivity index (χ1n) is 5.87. The molecule has 0 aliphatic rings. The molecule has 102 valence electrons. The highest BCUT2D eigenvalue weighted by Gasteiger charge is 2.30. The summed E-state index contributed by atoms with van der Waals surface area (Å²) in [5.74, 6) is 0.447. The van der Waals surface area contributed by atoms with E-state index in [4.69, 9.17) is 5.73 Å². The third-order valence-corrected chi connectivity index (χ3v) is 2.73. The van der Waals surface area contributed by atoms with Crippen molar-refractivity contribution in [2.24, 2.45) is 5.73 Å². The SMILES string of the molecule is Cc1nc(CC(C)N)c2ccc(C(F)(F)F)cc2n1. The van der Waals surface area contributed by atoms with E-state index >= 15 is 0 Å². The lowest BCUT2D eigenvalue weighted by Crippen LogP contribution is -2.19. The largest absolute Gasteiger partial charge is 0.416 e. The second kappa shape index (κ2) is 4.77. The monoisotopic (exact) mass is 269 g/mol. The van der Waals surface area contributed by atoms with Crippen molar-refractivity contribution in [1.82, 2.24) is 9.97 Å². The fourth-order valence-electron chi connectivity index (χ4n) is 1.96. The molecule has 0 saturated heterocycles. The van der Waals surface area contributed by atoms with E-state index in [2.05, 4.69) is 9.97 Å². The summed E-state index contributed by atoms with van der Waals surface area (Å²) in [6.45, 7) is 3.48. The highest BCUT2D eigenvalue weighted by Crippen LogP contribution is 2.31. The van der Waals surface area contributed by atoms with Gasteiger partial charge in [0.05, 0.1) is 16.8 Å². The normalized spacial score (nSPS) is 13.8. The number of fused-ring (bicyclic) bond motifs is 1. The van der Waals surface area contributed by atoms with Gasteiger partial charge < -0.3 is 5.73 Å². The highest BCUT2D eigenvalue weighted by atomic mass is 19.4. The number of hydrogen-bond acceptors (Lipinski definition) is 3. The number of nitrogens with two attached hydrogens (primary N) is 1. The number of halogens is 3. The van der Waals surface area contributed by atoms with Crippen molar-refractivity contribution in [3.8, 4) is 0 Å². The molecule has 1 heterocycles. The number of benzene rings is 1. The van der Waals surface area contributed by atoms with E-state index in [0.29, 0.717) is 28.8 Å². The smallest absolute Gasteiger partial charge is 0.328 e. The number of aryl methyl sites for hydroxylation is 1. The van der Waals surface area contributed by atoms with Crippen molar-refractivity contribution < 1.29 is 13.2 Å². The summed E-state index contributed by atoms with van der Waals surface area (Å²) >= 11 is 0. The Labute approximate surface area is 108 Å². The standard InChI is InChI=1S/C13H14F3N3/c1-7(17)5-11-10-4-3-9(13(14,15)16)6-12(10)19-8(2)18-11/h3-4,6-7H,5,17H2,1-2H3. The molecule has 0 aliphatic carbocycles. The quantitative estimate of drug-likeness (QED) is 0.912. The van der Waals surface area contributed by atoms with Crippen LogP contribution in [0.3, 0.4) is 0 Å². The third-order valence-electron chi connectivity index (χ3n) is 2.73. The summed E-state index contributed by atoms with van der Waals surface area (Å²) in [4.78, 5) is 8.33. The second-order valence-electron chi connectivity index (χ2n) is 4.63. The molecule has 0 fully saturated rings. The van der Waals surface area contributed by atoms with Gasteiger partial charge in [0.25, 0.3) is 0 Å². The molecule has 0 spiro atoms. The van der Waals surface area contributed by atoms with E-state index in [1.54, 1.807) is 6.92 Å². The van der Waals surface area contributed by atoms with Crippen molar-refractivity contribution >= 4 is 10.9 Å². The third kappa shape index (κ3) is 3.01. The Balaban J connectivity index is 2.61. The first-order valence-corrected chi connectivity index (χ1v) is 5.87.